The SMILES string of the molecule is COc1ccc(C2(C3CCNC3)COC2)c(Cl)c1. The largest absolute Gasteiger partial charge is 0.497 e. The van der Waals surface area contributed by atoms with Gasteiger partial charge < -0.3 is 14.8 Å². The predicted octanol–water partition coefficient (Wildman–Crippen LogP) is 2.23. The highest BCUT2D eigenvalue weighted by Gasteiger charge is 2.48. The Bertz CT molecular complexity index is 439. The quantitative estimate of drug-likeness (QED) is 0.911. The lowest BCUT2D eigenvalue weighted by Crippen LogP contribution is -2.53. The van der Waals surface area contributed by atoms with Crippen molar-refractivity contribution in [1.82, 2.24) is 5.32 Å². The summed E-state index contributed by atoms with van der Waals surface area (Å²) in [4.78, 5) is 0. The molecule has 2 fully saturated rings. The van der Waals surface area contributed by atoms with Gasteiger partial charge in [0.1, 0.15) is 5.75 Å². The Labute approximate surface area is 112 Å². The minimum absolute atomic E-state index is 0.104. The minimum atomic E-state index is 0.104. The van der Waals surface area contributed by atoms with Crippen LogP contribution in [-0.4, -0.2) is 33.4 Å². The van der Waals surface area contributed by atoms with E-state index in [9.17, 15) is 0 Å². The summed E-state index contributed by atoms with van der Waals surface area (Å²) in [5.41, 5.74) is 1.32. The van der Waals surface area contributed by atoms with Gasteiger partial charge in [-0.25, -0.2) is 0 Å². The number of hydrogen-bond donors (Lipinski definition) is 1. The first-order valence-corrected chi connectivity index (χ1v) is 6.76. The van der Waals surface area contributed by atoms with Crippen LogP contribution < -0.4 is 10.1 Å². The fraction of sp³-hybridized carbons (Fsp3) is 0.571. The molecule has 0 aromatic heterocycles. The summed E-state index contributed by atoms with van der Waals surface area (Å²) in [5.74, 6) is 1.43. The van der Waals surface area contributed by atoms with Gasteiger partial charge in [-0.2, -0.15) is 0 Å². The summed E-state index contributed by atoms with van der Waals surface area (Å²) in [6.07, 6.45) is 1.20. The van der Waals surface area contributed by atoms with E-state index in [1.165, 1.54) is 12.0 Å². The zero-order valence-electron chi connectivity index (χ0n) is 10.5. The second-order valence-electron chi connectivity index (χ2n) is 5.18. The summed E-state index contributed by atoms with van der Waals surface area (Å²) in [7, 11) is 1.66. The van der Waals surface area contributed by atoms with Gasteiger partial charge in [-0.3, -0.25) is 0 Å². The molecule has 1 aromatic rings. The molecular formula is C14H18ClNO2. The van der Waals surface area contributed by atoms with Crippen LogP contribution in [0.2, 0.25) is 5.02 Å². The Morgan fingerprint density at radius 3 is 2.78 bits per heavy atom. The number of benzene rings is 1. The van der Waals surface area contributed by atoms with E-state index in [1.54, 1.807) is 7.11 Å². The lowest BCUT2D eigenvalue weighted by atomic mass is 9.68. The van der Waals surface area contributed by atoms with Gasteiger partial charge in [0, 0.05) is 10.4 Å². The molecule has 1 aromatic carbocycles. The highest BCUT2D eigenvalue weighted by Crippen LogP contribution is 2.45. The Morgan fingerprint density at radius 2 is 2.28 bits per heavy atom. The number of hydrogen-bond acceptors (Lipinski definition) is 3. The Hall–Kier alpha value is -0.770. The van der Waals surface area contributed by atoms with Gasteiger partial charge in [-0.05, 0) is 43.1 Å². The van der Waals surface area contributed by atoms with E-state index in [0.29, 0.717) is 5.92 Å². The average Bonchev–Trinajstić information content (AvgIpc) is 2.83. The van der Waals surface area contributed by atoms with Crippen LogP contribution >= 0.6 is 11.6 Å². The first-order valence-electron chi connectivity index (χ1n) is 6.39. The van der Waals surface area contributed by atoms with Gasteiger partial charge in [0.25, 0.3) is 0 Å². The van der Waals surface area contributed by atoms with E-state index < -0.39 is 0 Å². The summed E-state index contributed by atoms with van der Waals surface area (Å²) < 4.78 is 10.7. The molecule has 0 saturated carbocycles. The summed E-state index contributed by atoms with van der Waals surface area (Å²) in [6.45, 7) is 3.72. The lowest BCUT2D eigenvalue weighted by molar-refractivity contribution is -0.0868. The van der Waals surface area contributed by atoms with Crippen LogP contribution in [0.25, 0.3) is 0 Å². The first-order chi connectivity index (χ1) is 8.76. The normalized spacial score (nSPS) is 25.8. The van der Waals surface area contributed by atoms with Crippen molar-refractivity contribution in [3.8, 4) is 5.75 Å². The van der Waals surface area contributed by atoms with Crippen molar-refractivity contribution in [3.63, 3.8) is 0 Å². The molecular weight excluding hydrogens is 250 g/mol. The monoisotopic (exact) mass is 267 g/mol. The fourth-order valence-electron chi connectivity index (χ4n) is 3.09. The van der Waals surface area contributed by atoms with Crippen LogP contribution in [0.4, 0.5) is 0 Å². The van der Waals surface area contributed by atoms with Crippen molar-refractivity contribution in [2.75, 3.05) is 33.4 Å². The first kappa shape index (κ1) is 12.3. The molecule has 98 valence electrons. The van der Waals surface area contributed by atoms with Crippen LogP contribution in [0.3, 0.4) is 0 Å². The average molecular weight is 268 g/mol. The molecule has 0 amide bonds. The van der Waals surface area contributed by atoms with Gasteiger partial charge in [-0.1, -0.05) is 17.7 Å². The minimum Gasteiger partial charge on any atom is -0.497 e. The number of methoxy groups -OCH3 is 1. The van der Waals surface area contributed by atoms with E-state index in [4.69, 9.17) is 21.1 Å². The molecule has 3 rings (SSSR count). The van der Waals surface area contributed by atoms with Crippen molar-refractivity contribution >= 4 is 11.6 Å². The van der Waals surface area contributed by atoms with Crippen molar-refractivity contribution in [2.45, 2.75) is 11.8 Å². The molecule has 18 heavy (non-hydrogen) atoms. The highest BCUT2D eigenvalue weighted by molar-refractivity contribution is 6.31. The molecule has 4 heteroatoms. The fourth-order valence-corrected chi connectivity index (χ4v) is 3.44. The Balaban J connectivity index is 1.96. The van der Waals surface area contributed by atoms with E-state index >= 15 is 0 Å². The molecule has 2 saturated heterocycles. The maximum absolute atomic E-state index is 6.43. The zero-order valence-corrected chi connectivity index (χ0v) is 11.3. The van der Waals surface area contributed by atoms with Crippen LogP contribution in [-0.2, 0) is 10.2 Å². The molecule has 1 atom stereocenters. The second-order valence-corrected chi connectivity index (χ2v) is 5.59. The Morgan fingerprint density at radius 1 is 1.44 bits per heavy atom. The van der Waals surface area contributed by atoms with Crippen LogP contribution in [0, 0.1) is 5.92 Å². The van der Waals surface area contributed by atoms with Gasteiger partial charge in [-0.15, -0.1) is 0 Å². The maximum Gasteiger partial charge on any atom is 0.120 e. The number of nitrogens with one attached hydrogen (secondary N) is 1. The maximum atomic E-state index is 6.43. The van der Waals surface area contributed by atoms with Gasteiger partial charge >= 0.3 is 0 Å². The molecule has 0 aliphatic carbocycles. The number of rotatable bonds is 3. The molecule has 2 aliphatic heterocycles. The van der Waals surface area contributed by atoms with Crippen molar-refractivity contribution in [1.29, 1.82) is 0 Å². The Kier molecular flexibility index (Phi) is 3.22. The molecule has 0 bridgehead atoms. The van der Waals surface area contributed by atoms with E-state index in [-0.39, 0.29) is 5.41 Å². The molecule has 1 N–H and O–H groups in total. The lowest BCUT2D eigenvalue weighted by Gasteiger charge is -2.46. The van der Waals surface area contributed by atoms with E-state index in [2.05, 4.69) is 11.4 Å². The molecule has 2 heterocycles. The highest BCUT2D eigenvalue weighted by atomic mass is 35.5. The van der Waals surface area contributed by atoms with Gasteiger partial charge in [0.2, 0.25) is 0 Å². The van der Waals surface area contributed by atoms with Crippen LogP contribution in [0.15, 0.2) is 18.2 Å². The third kappa shape index (κ3) is 1.81. The summed E-state index contributed by atoms with van der Waals surface area (Å²) in [5, 5.41) is 4.23. The smallest absolute Gasteiger partial charge is 0.120 e. The van der Waals surface area contributed by atoms with E-state index in [1.807, 2.05) is 12.1 Å². The molecule has 2 aliphatic rings. The van der Waals surface area contributed by atoms with Crippen molar-refractivity contribution < 1.29 is 9.47 Å². The predicted molar refractivity (Wildman–Crippen MR) is 71.5 cm³/mol. The van der Waals surface area contributed by atoms with Crippen molar-refractivity contribution in [3.05, 3.63) is 28.8 Å². The number of ether oxygens (including phenoxy) is 2. The van der Waals surface area contributed by atoms with Crippen LogP contribution in [0.1, 0.15) is 12.0 Å². The van der Waals surface area contributed by atoms with Crippen molar-refractivity contribution in [2.24, 2.45) is 5.92 Å². The topological polar surface area (TPSA) is 30.5 Å². The molecule has 1 unspecified atom stereocenters. The third-order valence-electron chi connectivity index (χ3n) is 4.27. The zero-order chi connectivity index (χ0) is 12.6. The molecule has 0 spiro atoms. The summed E-state index contributed by atoms with van der Waals surface area (Å²) in [6, 6.07) is 5.99. The van der Waals surface area contributed by atoms with E-state index in [0.717, 1.165) is 37.1 Å². The standard InChI is InChI=1S/C14H18ClNO2/c1-17-11-2-3-12(13(15)6-11)14(8-18-9-14)10-4-5-16-7-10/h2-3,6,10,16H,4-5,7-9H2,1H3. The van der Waals surface area contributed by atoms with Crippen LogP contribution in [0.5, 0.6) is 5.75 Å². The molecule has 3 nitrogen and oxygen atoms in total. The third-order valence-corrected chi connectivity index (χ3v) is 4.59. The number of halogens is 1. The second kappa shape index (κ2) is 4.72. The van der Waals surface area contributed by atoms with Gasteiger partial charge in [0.15, 0.2) is 0 Å². The molecule has 0 radical (unpaired) electrons. The van der Waals surface area contributed by atoms with Gasteiger partial charge in [0.05, 0.1) is 20.3 Å². The summed E-state index contributed by atoms with van der Waals surface area (Å²) >= 11 is 6.43.